The van der Waals surface area contributed by atoms with Gasteiger partial charge < -0.3 is 5.32 Å². The summed E-state index contributed by atoms with van der Waals surface area (Å²) in [4.78, 5) is 16.2. The summed E-state index contributed by atoms with van der Waals surface area (Å²) in [7, 11) is 0. The molecule has 1 saturated carbocycles. The highest BCUT2D eigenvalue weighted by Gasteiger charge is 2.23. The molecule has 1 amide bonds. The molecule has 2 fully saturated rings. The highest BCUT2D eigenvalue weighted by Crippen LogP contribution is 2.27. The first-order chi connectivity index (χ1) is 11.1. The minimum absolute atomic E-state index is 0.113. The highest BCUT2D eigenvalue weighted by atomic mass is 35.5. The molecule has 0 radical (unpaired) electrons. The van der Waals surface area contributed by atoms with Crippen molar-refractivity contribution < 1.29 is 9.18 Å². The van der Waals surface area contributed by atoms with Crippen molar-refractivity contribution in [3.05, 3.63) is 34.6 Å². The van der Waals surface area contributed by atoms with Gasteiger partial charge in [-0.25, -0.2) is 4.39 Å². The van der Waals surface area contributed by atoms with Gasteiger partial charge in [0.15, 0.2) is 0 Å². The molecule has 23 heavy (non-hydrogen) atoms. The van der Waals surface area contributed by atoms with Crippen LogP contribution in [0.25, 0.3) is 0 Å². The third-order valence-electron chi connectivity index (χ3n) is 4.56. The first-order valence-electron chi connectivity index (χ1n) is 8.26. The maximum Gasteiger partial charge on any atom is 0.234 e. The number of piperazine rings is 1. The van der Waals surface area contributed by atoms with Crippen LogP contribution in [0.3, 0.4) is 0 Å². The van der Waals surface area contributed by atoms with Crippen molar-refractivity contribution in [1.29, 1.82) is 0 Å². The smallest absolute Gasteiger partial charge is 0.234 e. The van der Waals surface area contributed by atoms with Crippen molar-refractivity contribution in [2.45, 2.75) is 19.4 Å². The Bertz CT molecular complexity index is 537. The first kappa shape index (κ1) is 16.7. The fraction of sp³-hybridized carbons (Fsp3) is 0.588. The van der Waals surface area contributed by atoms with Gasteiger partial charge in [0.2, 0.25) is 5.91 Å². The molecule has 1 aliphatic carbocycles. The van der Waals surface area contributed by atoms with Crippen LogP contribution < -0.4 is 5.32 Å². The quantitative estimate of drug-likeness (QED) is 0.862. The lowest BCUT2D eigenvalue weighted by atomic mass is 10.2. The summed E-state index contributed by atoms with van der Waals surface area (Å²) >= 11 is 6.08. The Morgan fingerprint density at radius 1 is 1.22 bits per heavy atom. The zero-order valence-electron chi connectivity index (χ0n) is 13.2. The lowest BCUT2D eigenvalue weighted by molar-refractivity contribution is -0.122. The SMILES string of the molecule is O=C(CN1CCN(Cc2c(F)cccc2Cl)CC1)NCC1CC1. The van der Waals surface area contributed by atoms with Crippen LogP contribution in [-0.4, -0.2) is 55.0 Å². The average molecular weight is 340 g/mol. The van der Waals surface area contributed by atoms with Crippen molar-refractivity contribution in [3.63, 3.8) is 0 Å². The Labute approximate surface area is 141 Å². The molecule has 6 heteroatoms. The largest absolute Gasteiger partial charge is 0.355 e. The summed E-state index contributed by atoms with van der Waals surface area (Å²) in [5, 5.41) is 3.48. The Morgan fingerprint density at radius 2 is 1.91 bits per heavy atom. The molecule has 1 saturated heterocycles. The Morgan fingerprint density at radius 3 is 2.57 bits per heavy atom. The van der Waals surface area contributed by atoms with Crippen LogP contribution in [0.4, 0.5) is 4.39 Å². The van der Waals surface area contributed by atoms with Crippen LogP contribution >= 0.6 is 11.6 Å². The van der Waals surface area contributed by atoms with Crippen LogP contribution in [-0.2, 0) is 11.3 Å². The van der Waals surface area contributed by atoms with Crippen LogP contribution in [0.2, 0.25) is 5.02 Å². The number of hydrogen-bond donors (Lipinski definition) is 1. The zero-order valence-corrected chi connectivity index (χ0v) is 14.0. The lowest BCUT2D eigenvalue weighted by Crippen LogP contribution is -2.49. The van der Waals surface area contributed by atoms with Crippen LogP contribution in [0.1, 0.15) is 18.4 Å². The van der Waals surface area contributed by atoms with Crippen LogP contribution in [0.15, 0.2) is 18.2 Å². The van der Waals surface area contributed by atoms with Crippen molar-refractivity contribution in [2.75, 3.05) is 39.3 Å². The standard InChI is InChI=1S/C17H23ClFN3O/c18-15-2-1-3-16(19)14(15)11-21-6-8-22(9-7-21)12-17(23)20-10-13-4-5-13/h1-3,13H,4-12H2,(H,20,23). The van der Waals surface area contributed by atoms with Gasteiger partial charge in [-0.05, 0) is 30.9 Å². The highest BCUT2D eigenvalue weighted by molar-refractivity contribution is 6.31. The summed E-state index contributed by atoms with van der Waals surface area (Å²) in [5.41, 5.74) is 0.560. The predicted octanol–water partition coefficient (Wildman–Crippen LogP) is 2.12. The molecule has 0 spiro atoms. The van der Waals surface area contributed by atoms with Gasteiger partial charge in [0.25, 0.3) is 0 Å². The molecule has 1 aromatic rings. The van der Waals surface area contributed by atoms with Gasteiger partial charge in [0, 0.05) is 49.9 Å². The molecule has 1 aromatic carbocycles. The molecular weight excluding hydrogens is 317 g/mol. The molecule has 1 heterocycles. The van der Waals surface area contributed by atoms with Gasteiger partial charge in [0.05, 0.1) is 6.54 Å². The Balaban J connectivity index is 1.42. The molecule has 4 nitrogen and oxygen atoms in total. The lowest BCUT2D eigenvalue weighted by Gasteiger charge is -2.34. The van der Waals surface area contributed by atoms with E-state index in [0.29, 0.717) is 29.6 Å². The van der Waals surface area contributed by atoms with E-state index in [-0.39, 0.29) is 11.7 Å². The second-order valence-electron chi connectivity index (χ2n) is 6.50. The number of halogens is 2. The van der Waals surface area contributed by atoms with E-state index in [9.17, 15) is 9.18 Å². The van der Waals surface area contributed by atoms with Gasteiger partial charge in [-0.2, -0.15) is 0 Å². The second-order valence-corrected chi connectivity index (χ2v) is 6.91. The number of carbonyl (C=O) groups excluding carboxylic acids is 1. The van der Waals surface area contributed by atoms with Crippen molar-refractivity contribution >= 4 is 17.5 Å². The Kier molecular flexibility index (Phi) is 5.51. The van der Waals surface area contributed by atoms with Crippen LogP contribution in [0.5, 0.6) is 0 Å². The van der Waals surface area contributed by atoms with Gasteiger partial charge in [0.1, 0.15) is 5.82 Å². The summed E-state index contributed by atoms with van der Waals surface area (Å²) in [6.45, 7) is 5.09. The molecule has 0 unspecified atom stereocenters. The van der Waals surface area contributed by atoms with E-state index < -0.39 is 0 Å². The van der Waals surface area contributed by atoms with E-state index in [4.69, 9.17) is 11.6 Å². The number of rotatable bonds is 6. The van der Waals surface area contributed by atoms with Gasteiger partial charge in [-0.15, -0.1) is 0 Å². The summed E-state index contributed by atoms with van der Waals surface area (Å²) in [5.74, 6) is 0.572. The van der Waals surface area contributed by atoms with E-state index in [0.717, 1.165) is 32.7 Å². The topological polar surface area (TPSA) is 35.6 Å². The van der Waals surface area contributed by atoms with Crippen LogP contribution in [0, 0.1) is 11.7 Å². The maximum absolute atomic E-state index is 13.8. The van der Waals surface area contributed by atoms with E-state index in [1.165, 1.54) is 18.9 Å². The number of nitrogens with zero attached hydrogens (tertiary/aromatic N) is 2. The van der Waals surface area contributed by atoms with E-state index in [1.807, 2.05) is 0 Å². The Hall–Kier alpha value is -1.17. The number of amides is 1. The predicted molar refractivity (Wildman–Crippen MR) is 88.9 cm³/mol. The van der Waals surface area contributed by atoms with Gasteiger partial charge in [-0.3, -0.25) is 14.6 Å². The second kappa shape index (κ2) is 7.60. The summed E-state index contributed by atoms with van der Waals surface area (Å²) in [6.07, 6.45) is 2.50. The fourth-order valence-corrected chi connectivity index (χ4v) is 3.07. The zero-order chi connectivity index (χ0) is 16.2. The molecule has 0 atom stereocenters. The maximum atomic E-state index is 13.8. The average Bonchev–Trinajstić information content (AvgIpc) is 3.35. The number of carbonyl (C=O) groups is 1. The minimum atomic E-state index is -0.251. The molecule has 3 rings (SSSR count). The third-order valence-corrected chi connectivity index (χ3v) is 4.91. The summed E-state index contributed by atoms with van der Waals surface area (Å²) < 4.78 is 13.8. The molecule has 1 N–H and O–H groups in total. The number of benzene rings is 1. The molecular formula is C17H23ClFN3O. The van der Waals surface area contributed by atoms with Crippen molar-refractivity contribution in [3.8, 4) is 0 Å². The van der Waals surface area contributed by atoms with E-state index >= 15 is 0 Å². The van der Waals surface area contributed by atoms with Crippen molar-refractivity contribution in [1.82, 2.24) is 15.1 Å². The first-order valence-corrected chi connectivity index (χ1v) is 8.64. The molecule has 1 aliphatic heterocycles. The van der Waals surface area contributed by atoms with E-state index in [2.05, 4.69) is 15.1 Å². The van der Waals surface area contributed by atoms with Gasteiger partial charge >= 0.3 is 0 Å². The number of nitrogens with one attached hydrogen (secondary N) is 1. The van der Waals surface area contributed by atoms with Gasteiger partial charge in [-0.1, -0.05) is 17.7 Å². The molecule has 126 valence electrons. The normalized spacial score (nSPS) is 19.7. The monoisotopic (exact) mass is 339 g/mol. The minimum Gasteiger partial charge on any atom is -0.355 e. The van der Waals surface area contributed by atoms with E-state index in [1.54, 1.807) is 12.1 Å². The summed E-state index contributed by atoms with van der Waals surface area (Å²) in [6, 6.07) is 4.79. The fourth-order valence-electron chi connectivity index (χ4n) is 2.85. The molecule has 0 aromatic heterocycles. The number of hydrogen-bond acceptors (Lipinski definition) is 3. The molecule has 0 bridgehead atoms. The third kappa shape index (κ3) is 4.90. The van der Waals surface area contributed by atoms with Crippen molar-refractivity contribution in [2.24, 2.45) is 5.92 Å². The molecule has 2 aliphatic rings.